The molecule has 1 rings (SSSR count). The summed E-state index contributed by atoms with van der Waals surface area (Å²) in [6.45, 7) is 5.14. The van der Waals surface area contributed by atoms with Crippen LogP contribution in [0.2, 0.25) is 5.02 Å². The van der Waals surface area contributed by atoms with E-state index in [2.05, 4.69) is 11.9 Å². The predicted octanol–water partition coefficient (Wildman–Crippen LogP) is 3.25. The van der Waals surface area contributed by atoms with Crippen molar-refractivity contribution in [3.05, 3.63) is 46.0 Å². The topological polar surface area (TPSA) is 64.4 Å². The van der Waals surface area contributed by atoms with Gasteiger partial charge in [0.1, 0.15) is 10.7 Å². The molecule has 18 heavy (non-hydrogen) atoms. The predicted molar refractivity (Wildman–Crippen MR) is 72.2 cm³/mol. The van der Waals surface area contributed by atoms with Crippen LogP contribution >= 0.6 is 11.6 Å². The zero-order chi connectivity index (χ0) is 13.4. The van der Waals surface area contributed by atoms with E-state index in [0.29, 0.717) is 25.4 Å². The zero-order valence-electron chi connectivity index (χ0n) is 9.89. The minimum atomic E-state index is -0.497. The zero-order valence-corrected chi connectivity index (χ0v) is 10.7. The number of halogens is 1. The molecular formula is C12H15ClN2O3. The van der Waals surface area contributed by atoms with Crippen molar-refractivity contribution in [2.45, 2.75) is 6.42 Å². The number of para-hydroxylation sites is 1. The molecule has 1 N–H and O–H groups in total. The first kappa shape index (κ1) is 14.5. The van der Waals surface area contributed by atoms with Gasteiger partial charge in [-0.3, -0.25) is 10.1 Å². The molecule has 0 fully saturated rings. The Kier molecular flexibility index (Phi) is 6.18. The minimum absolute atomic E-state index is 0.106. The molecule has 1 aromatic rings. The molecule has 5 nitrogen and oxygen atoms in total. The Morgan fingerprint density at radius 2 is 2.28 bits per heavy atom. The Morgan fingerprint density at radius 1 is 1.50 bits per heavy atom. The van der Waals surface area contributed by atoms with Crippen LogP contribution in [-0.2, 0) is 4.74 Å². The van der Waals surface area contributed by atoms with Gasteiger partial charge in [0.25, 0.3) is 0 Å². The van der Waals surface area contributed by atoms with E-state index in [0.717, 1.165) is 6.42 Å². The van der Waals surface area contributed by atoms with Crippen LogP contribution in [0.5, 0.6) is 0 Å². The van der Waals surface area contributed by atoms with E-state index in [-0.39, 0.29) is 10.7 Å². The first-order valence-corrected chi connectivity index (χ1v) is 5.90. The molecule has 0 spiro atoms. The lowest BCUT2D eigenvalue weighted by molar-refractivity contribution is -0.383. The van der Waals surface area contributed by atoms with E-state index in [1.54, 1.807) is 18.2 Å². The summed E-state index contributed by atoms with van der Waals surface area (Å²) in [5, 5.41) is 13.9. The Morgan fingerprint density at radius 3 is 2.94 bits per heavy atom. The Labute approximate surface area is 111 Å². The van der Waals surface area contributed by atoms with Crippen LogP contribution in [0.4, 0.5) is 11.4 Å². The van der Waals surface area contributed by atoms with E-state index in [1.807, 2.05) is 0 Å². The lowest BCUT2D eigenvalue weighted by Gasteiger charge is -2.08. The van der Waals surface area contributed by atoms with Crippen LogP contribution in [0.3, 0.4) is 0 Å². The standard InChI is InChI=1S/C12H15ClN2O3/c1-2-3-8-18-9-7-14-11-6-4-5-10(13)12(11)15(16)17/h2,4-6,14H,1,3,7-9H2. The van der Waals surface area contributed by atoms with E-state index in [4.69, 9.17) is 16.3 Å². The molecule has 6 heteroatoms. The number of rotatable bonds is 8. The third-order valence-electron chi connectivity index (χ3n) is 2.20. The molecule has 0 heterocycles. The van der Waals surface area contributed by atoms with Gasteiger partial charge in [0.05, 0.1) is 18.1 Å². The normalized spacial score (nSPS) is 10.1. The molecule has 0 saturated heterocycles. The van der Waals surface area contributed by atoms with Crippen molar-refractivity contribution in [3.8, 4) is 0 Å². The smallest absolute Gasteiger partial charge is 0.310 e. The number of nitro benzene ring substituents is 1. The highest BCUT2D eigenvalue weighted by atomic mass is 35.5. The van der Waals surface area contributed by atoms with E-state index < -0.39 is 4.92 Å². The highest BCUT2D eigenvalue weighted by molar-refractivity contribution is 6.33. The summed E-state index contributed by atoms with van der Waals surface area (Å²) in [6.07, 6.45) is 2.56. The van der Waals surface area contributed by atoms with Gasteiger partial charge in [-0.1, -0.05) is 23.7 Å². The summed E-state index contributed by atoms with van der Waals surface area (Å²) in [7, 11) is 0. The summed E-state index contributed by atoms with van der Waals surface area (Å²) >= 11 is 5.78. The second-order valence-corrected chi connectivity index (χ2v) is 3.92. The van der Waals surface area contributed by atoms with Gasteiger partial charge in [-0.25, -0.2) is 0 Å². The van der Waals surface area contributed by atoms with Gasteiger partial charge >= 0.3 is 5.69 Å². The van der Waals surface area contributed by atoms with Crippen molar-refractivity contribution in [2.24, 2.45) is 0 Å². The van der Waals surface area contributed by atoms with Crippen molar-refractivity contribution in [3.63, 3.8) is 0 Å². The van der Waals surface area contributed by atoms with E-state index in [1.165, 1.54) is 6.07 Å². The summed E-state index contributed by atoms with van der Waals surface area (Å²) in [5.74, 6) is 0. The lowest BCUT2D eigenvalue weighted by Crippen LogP contribution is -2.11. The molecule has 0 aliphatic carbocycles. The molecule has 0 saturated carbocycles. The number of nitrogens with one attached hydrogen (secondary N) is 1. The molecule has 1 aromatic carbocycles. The molecule has 0 aliphatic heterocycles. The number of benzene rings is 1. The number of hydrogen-bond donors (Lipinski definition) is 1. The van der Waals surface area contributed by atoms with Crippen molar-refractivity contribution >= 4 is 23.0 Å². The van der Waals surface area contributed by atoms with Crippen LogP contribution in [0.25, 0.3) is 0 Å². The monoisotopic (exact) mass is 270 g/mol. The van der Waals surface area contributed by atoms with Crippen molar-refractivity contribution in [1.29, 1.82) is 0 Å². The third-order valence-corrected chi connectivity index (χ3v) is 2.50. The highest BCUT2D eigenvalue weighted by Gasteiger charge is 2.17. The summed E-state index contributed by atoms with van der Waals surface area (Å²) in [5.41, 5.74) is 0.296. The molecule has 0 unspecified atom stereocenters. The van der Waals surface area contributed by atoms with Crippen LogP contribution in [0, 0.1) is 10.1 Å². The van der Waals surface area contributed by atoms with Gasteiger partial charge in [0.2, 0.25) is 0 Å². The summed E-state index contributed by atoms with van der Waals surface area (Å²) in [4.78, 5) is 10.4. The SMILES string of the molecule is C=CCCOCCNc1cccc(Cl)c1[N+](=O)[O-]. The maximum atomic E-state index is 10.9. The summed E-state index contributed by atoms with van der Waals surface area (Å²) in [6, 6.07) is 4.77. The molecular weight excluding hydrogens is 256 g/mol. The Hall–Kier alpha value is -1.59. The Bertz CT molecular complexity index is 424. The number of hydrogen-bond acceptors (Lipinski definition) is 4. The fourth-order valence-electron chi connectivity index (χ4n) is 1.37. The Balaban J connectivity index is 2.49. The van der Waals surface area contributed by atoms with Gasteiger partial charge in [-0.2, -0.15) is 0 Å². The fraction of sp³-hybridized carbons (Fsp3) is 0.333. The van der Waals surface area contributed by atoms with Crippen molar-refractivity contribution in [2.75, 3.05) is 25.1 Å². The van der Waals surface area contributed by atoms with Crippen LogP contribution in [-0.4, -0.2) is 24.7 Å². The van der Waals surface area contributed by atoms with Gasteiger partial charge in [0, 0.05) is 6.54 Å². The first-order valence-electron chi connectivity index (χ1n) is 5.52. The maximum Gasteiger partial charge on any atom is 0.310 e. The van der Waals surface area contributed by atoms with Crippen molar-refractivity contribution < 1.29 is 9.66 Å². The largest absolute Gasteiger partial charge is 0.379 e. The fourth-order valence-corrected chi connectivity index (χ4v) is 1.61. The average Bonchev–Trinajstić information content (AvgIpc) is 2.33. The molecule has 0 atom stereocenters. The molecule has 0 bridgehead atoms. The molecule has 0 aliphatic rings. The van der Waals surface area contributed by atoms with Crippen LogP contribution < -0.4 is 5.32 Å². The summed E-state index contributed by atoms with van der Waals surface area (Å²) < 4.78 is 5.29. The average molecular weight is 271 g/mol. The number of ether oxygens (including phenoxy) is 1. The van der Waals surface area contributed by atoms with Gasteiger partial charge < -0.3 is 10.1 Å². The maximum absolute atomic E-state index is 10.9. The molecule has 0 amide bonds. The van der Waals surface area contributed by atoms with E-state index >= 15 is 0 Å². The first-order chi connectivity index (χ1) is 8.66. The molecule has 0 radical (unpaired) electrons. The number of nitro groups is 1. The van der Waals surface area contributed by atoms with Gasteiger partial charge in [-0.15, -0.1) is 6.58 Å². The number of nitrogens with zero attached hydrogens (tertiary/aromatic N) is 1. The van der Waals surface area contributed by atoms with Crippen LogP contribution in [0.15, 0.2) is 30.9 Å². The van der Waals surface area contributed by atoms with Crippen LogP contribution in [0.1, 0.15) is 6.42 Å². The van der Waals surface area contributed by atoms with E-state index in [9.17, 15) is 10.1 Å². The highest BCUT2D eigenvalue weighted by Crippen LogP contribution is 2.31. The van der Waals surface area contributed by atoms with Gasteiger partial charge in [0.15, 0.2) is 0 Å². The second kappa shape index (κ2) is 7.68. The molecule has 0 aromatic heterocycles. The quantitative estimate of drug-likeness (QED) is 0.341. The van der Waals surface area contributed by atoms with Gasteiger partial charge in [-0.05, 0) is 18.6 Å². The number of anilines is 1. The second-order valence-electron chi connectivity index (χ2n) is 3.51. The lowest BCUT2D eigenvalue weighted by atomic mass is 10.2. The van der Waals surface area contributed by atoms with Crippen molar-refractivity contribution in [1.82, 2.24) is 0 Å². The molecule has 98 valence electrons. The third kappa shape index (κ3) is 4.35. The minimum Gasteiger partial charge on any atom is -0.379 e.